The van der Waals surface area contributed by atoms with Crippen molar-refractivity contribution < 1.29 is 92.3 Å². The van der Waals surface area contributed by atoms with Gasteiger partial charge in [-0.15, -0.1) is 0 Å². The number of phosphoric ester groups is 1. The number of hydrogen-bond donors (Lipinski definition) is 0. The number of unbranched alkanes of at least 4 members (excludes halogenated alkanes) is 12. The van der Waals surface area contributed by atoms with Crippen LogP contribution in [0.1, 0.15) is 117 Å². The molecule has 7 nitrogen and oxygen atoms in total. The van der Waals surface area contributed by atoms with E-state index < -0.39 is 26.5 Å². The first-order valence-corrected chi connectivity index (χ1v) is 13.1. The number of Topliss-reactive ketones (excluding diaryl/α,β-unsaturated/α-hetero) is 1. The molecular formula is C22H41Na2O7P. The Labute approximate surface area is 239 Å². The van der Waals surface area contributed by atoms with Crippen LogP contribution in [0.3, 0.4) is 0 Å². The molecule has 0 aliphatic rings. The molecule has 0 aromatic carbocycles. The van der Waals surface area contributed by atoms with E-state index >= 15 is 0 Å². The van der Waals surface area contributed by atoms with Crippen LogP contribution in [0.15, 0.2) is 0 Å². The van der Waals surface area contributed by atoms with Crippen LogP contribution in [0.4, 0.5) is 0 Å². The molecule has 0 unspecified atom stereocenters. The molecule has 0 saturated heterocycles. The third-order valence-electron chi connectivity index (χ3n) is 5.02. The summed E-state index contributed by atoms with van der Waals surface area (Å²) >= 11 is 0. The second-order valence-electron chi connectivity index (χ2n) is 8.09. The summed E-state index contributed by atoms with van der Waals surface area (Å²) in [5.74, 6) is -0.568. The molecule has 0 aliphatic heterocycles. The molecule has 10 heteroatoms. The fourth-order valence-electron chi connectivity index (χ4n) is 3.25. The van der Waals surface area contributed by atoms with Crippen molar-refractivity contribution in [3.05, 3.63) is 0 Å². The summed E-state index contributed by atoms with van der Waals surface area (Å²) in [6.07, 6.45) is 15.4. The van der Waals surface area contributed by atoms with Crippen LogP contribution >= 0.6 is 7.82 Å². The maximum absolute atomic E-state index is 11.9. The van der Waals surface area contributed by atoms with E-state index in [1.807, 2.05) is 0 Å². The molecule has 0 rings (SSSR count). The van der Waals surface area contributed by atoms with Gasteiger partial charge in [-0.05, 0) is 19.8 Å². The van der Waals surface area contributed by atoms with Crippen molar-refractivity contribution in [1.82, 2.24) is 0 Å². The van der Waals surface area contributed by atoms with Crippen LogP contribution in [-0.4, -0.2) is 24.5 Å². The zero-order valence-electron chi connectivity index (χ0n) is 20.9. The Morgan fingerprint density at radius 3 is 1.62 bits per heavy atom. The number of hydrogen-bond acceptors (Lipinski definition) is 7. The van der Waals surface area contributed by atoms with E-state index in [0.717, 1.165) is 12.8 Å². The molecule has 0 bridgehead atoms. The normalized spacial score (nSPS) is 11.9. The van der Waals surface area contributed by atoms with Crippen molar-refractivity contribution in [2.75, 3.05) is 6.61 Å². The predicted molar refractivity (Wildman–Crippen MR) is 114 cm³/mol. The fraction of sp³-hybridized carbons (Fsp3) is 0.909. The zero-order chi connectivity index (χ0) is 22.7. The molecule has 1 atom stereocenters. The van der Waals surface area contributed by atoms with Gasteiger partial charge in [-0.1, -0.05) is 84.0 Å². The van der Waals surface area contributed by atoms with E-state index in [1.54, 1.807) is 0 Å². The molecule has 0 aromatic rings. The predicted octanol–water partition coefficient (Wildman–Crippen LogP) is -1.40. The smallest absolute Gasteiger partial charge is 0.790 e. The van der Waals surface area contributed by atoms with Gasteiger partial charge in [0, 0.05) is 12.8 Å². The van der Waals surface area contributed by atoms with Gasteiger partial charge < -0.3 is 28.4 Å². The topological polar surface area (TPSA) is 116 Å². The van der Waals surface area contributed by atoms with Gasteiger partial charge in [0.05, 0.1) is 14.4 Å². The monoisotopic (exact) mass is 494 g/mol. The van der Waals surface area contributed by atoms with Crippen molar-refractivity contribution in [3.63, 3.8) is 0 Å². The Bertz CT molecular complexity index is 501. The molecular weight excluding hydrogens is 453 g/mol. The summed E-state index contributed by atoms with van der Waals surface area (Å²) in [7, 11) is -5.14. The van der Waals surface area contributed by atoms with E-state index in [1.165, 1.54) is 71.1 Å². The number of ketones is 1. The summed E-state index contributed by atoms with van der Waals surface area (Å²) in [5.41, 5.74) is 0. The maximum Gasteiger partial charge on any atom is 1.00 e. The maximum atomic E-state index is 11.9. The quantitative estimate of drug-likeness (QED) is 0.0834. The minimum absolute atomic E-state index is 0. The summed E-state index contributed by atoms with van der Waals surface area (Å²) in [5, 5.41) is 0. The first-order chi connectivity index (χ1) is 14.2. The SMILES string of the molecule is CCCCCCCCCCCCCCCC(=O)O[C@@H](CCC(C)=O)COP(=O)([O-])[O-].[Na+].[Na+]. The van der Waals surface area contributed by atoms with Gasteiger partial charge in [0.15, 0.2) is 0 Å². The molecule has 0 spiro atoms. The van der Waals surface area contributed by atoms with E-state index in [0.29, 0.717) is 6.42 Å². The Hall–Kier alpha value is 1.25. The molecule has 0 aromatic heterocycles. The molecule has 32 heavy (non-hydrogen) atoms. The molecule has 0 amide bonds. The first kappa shape index (κ1) is 37.8. The number of ether oxygens (including phenoxy) is 1. The second kappa shape index (κ2) is 25.3. The molecule has 178 valence electrons. The molecule has 0 saturated carbocycles. The van der Waals surface area contributed by atoms with Gasteiger partial charge in [-0.3, -0.25) is 4.79 Å². The van der Waals surface area contributed by atoms with Crippen LogP contribution in [0.2, 0.25) is 0 Å². The average Bonchev–Trinajstić information content (AvgIpc) is 2.66. The summed E-state index contributed by atoms with van der Waals surface area (Å²) in [6.45, 7) is 3.08. The van der Waals surface area contributed by atoms with Crippen LogP contribution in [0, 0.1) is 0 Å². The van der Waals surface area contributed by atoms with Gasteiger partial charge in [-0.2, -0.15) is 0 Å². The van der Waals surface area contributed by atoms with Gasteiger partial charge in [-0.25, -0.2) is 0 Å². The third kappa shape index (κ3) is 29.3. The van der Waals surface area contributed by atoms with Gasteiger partial charge in [0.2, 0.25) is 0 Å². The summed E-state index contributed by atoms with van der Waals surface area (Å²) in [4.78, 5) is 44.2. The first-order valence-electron chi connectivity index (χ1n) is 11.6. The number of carbonyl (C=O) groups excluding carboxylic acids is 2. The van der Waals surface area contributed by atoms with E-state index in [4.69, 9.17) is 4.74 Å². The van der Waals surface area contributed by atoms with Crippen molar-refractivity contribution in [1.29, 1.82) is 0 Å². The average molecular weight is 495 g/mol. The Kier molecular flexibility index (Phi) is 29.9. The van der Waals surface area contributed by atoms with Gasteiger partial charge in [0.1, 0.15) is 11.9 Å². The molecule has 0 fully saturated rings. The number of carbonyl (C=O) groups is 2. The van der Waals surface area contributed by atoms with Crippen molar-refractivity contribution in [3.8, 4) is 0 Å². The standard InChI is InChI=1S/C22H43O7P.2Na/c1-3-4-5-6-7-8-9-10-11-12-13-14-15-16-22(24)29-21(18-17-20(2)23)19-28-30(25,26)27;;/h21H,3-19H2,1-2H3,(H2,25,26,27);;/q;2*+1/p-2/t21-;;/m0../s1. The number of phosphoric acid groups is 1. The minimum atomic E-state index is -5.14. The Morgan fingerprint density at radius 2 is 1.22 bits per heavy atom. The van der Waals surface area contributed by atoms with Crippen molar-refractivity contribution in [2.24, 2.45) is 0 Å². The molecule has 0 aliphatic carbocycles. The number of esters is 1. The van der Waals surface area contributed by atoms with E-state index in [9.17, 15) is 23.9 Å². The number of rotatable bonds is 21. The summed E-state index contributed by atoms with van der Waals surface area (Å²) < 4.78 is 20.0. The largest absolute Gasteiger partial charge is 1.00 e. The molecule has 0 radical (unpaired) electrons. The Balaban J connectivity index is -0.00000420. The van der Waals surface area contributed by atoms with Crippen LogP contribution in [-0.2, 0) is 23.4 Å². The van der Waals surface area contributed by atoms with Gasteiger partial charge in [0.25, 0.3) is 0 Å². The fourth-order valence-corrected chi connectivity index (χ4v) is 3.60. The molecule has 0 N–H and O–H groups in total. The van der Waals surface area contributed by atoms with Crippen molar-refractivity contribution >= 4 is 19.6 Å². The summed E-state index contributed by atoms with van der Waals surface area (Å²) in [6, 6.07) is 0. The minimum Gasteiger partial charge on any atom is -0.790 e. The Morgan fingerprint density at radius 1 is 0.781 bits per heavy atom. The van der Waals surface area contributed by atoms with Crippen LogP contribution in [0.25, 0.3) is 0 Å². The molecule has 0 heterocycles. The third-order valence-corrected chi connectivity index (χ3v) is 5.48. The zero-order valence-corrected chi connectivity index (χ0v) is 25.8. The second-order valence-corrected chi connectivity index (χ2v) is 9.24. The van der Waals surface area contributed by atoms with Crippen LogP contribution < -0.4 is 68.9 Å². The van der Waals surface area contributed by atoms with E-state index in [2.05, 4.69) is 11.4 Å². The van der Waals surface area contributed by atoms with Crippen molar-refractivity contribution in [2.45, 2.75) is 123 Å². The van der Waals surface area contributed by atoms with Gasteiger partial charge >= 0.3 is 65.1 Å². The van der Waals surface area contributed by atoms with E-state index in [-0.39, 0.29) is 84.2 Å². The van der Waals surface area contributed by atoms with Crippen LogP contribution in [0.5, 0.6) is 0 Å².